The molecule has 0 aliphatic rings. The molecule has 2 rings (SSSR count). The van der Waals surface area contributed by atoms with Crippen LogP contribution in [0, 0.1) is 0 Å². The lowest BCUT2D eigenvalue weighted by atomic mass is 9.80. The Balaban J connectivity index is 2.39. The van der Waals surface area contributed by atoms with Gasteiger partial charge in [-0.05, 0) is 38.5 Å². The van der Waals surface area contributed by atoms with Crippen LogP contribution < -0.4 is 5.73 Å². The summed E-state index contributed by atoms with van der Waals surface area (Å²) in [4.78, 5) is 16.7. The van der Waals surface area contributed by atoms with Gasteiger partial charge in [-0.25, -0.2) is 9.67 Å². The number of carbonyl (C=O) groups is 1. The van der Waals surface area contributed by atoms with E-state index in [0.29, 0.717) is 18.1 Å². The number of aromatic nitrogens is 3. The molecule has 1 aromatic heterocycles. The summed E-state index contributed by atoms with van der Waals surface area (Å²) in [6.07, 6.45) is 1.41. The number of nitrogens with two attached hydrogens (primary N) is 1. The van der Waals surface area contributed by atoms with Gasteiger partial charge in [-0.3, -0.25) is 4.79 Å². The predicted octanol–water partition coefficient (Wildman–Crippen LogP) is 2.04. The molecule has 0 atom stereocenters. The van der Waals surface area contributed by atoms with Crippen molar-refractivity contribution in [1.29, 1.82) is 0 Å². The van der Waals surface area contributed by atoms with Crippen molar-refractivity contribution in [2.75, 3.05) is 5.73 Å². The molecule has 2 aromatic rings. The molecule has 5 nitrogen and oxygen atoms in total. The number of rotatable bonds is 4. The number of benzene rings is 1. The minimum Gasteiger partial charge on any atom is -0.399 e. The third-order valence-electron chi connectivity index (χ3n) is 3.32. The van der Waals surface area contributed by atoms with E-state index < -0.39 is 5.41 Å². The zero-order valence-electron chi connectivity index (χ0n) is 11.4. The monoisotopic (exact) mass is 258 g/mol. The van der Waals surface area contributed by atoms with Crippen molar-refractivity contribution < 1.29 is 4.79 Å². The van der Waals surface area contributed by atoms with Gasteiger partial charge in [-0.1, -0.05) is 12.1 Å². The Bertz CT molecular complexity index is 584. The average molecular weight is 258 g/mol. The summed E-state index contributed by atoms with van der Waals surface area (Å²) in [5.41, 5.74) is 6.61. The van der Waals surface area contributed by atoms with Gasteiger partial charge in [-0.2, -0.15) is 5.10 Å². The molecule has 0 saturated carbocycles. The number of ketones is 1. The summed E-state index contributed by atoms with van der Waals surface area (Å²) in [6.45, 7) is 6.33. The van der Waals surface area contributed by atoms with E-state index in [1.807, 2.05) is 32.9 Å². The number of nitrogens with zero attached hydrogens (tertiary/aromatic N) is 3. The maximum absolute atomic E-state index is 12.6. The van der Waals surface area contributed by atoms with Crippen molar-refractivity contribution in [1.82, 2.24) is 14.8 Å². The van der Waals surface area contributed by atoms with E-state index in [2.05, 4.69) is 10.1 Å². The Labute approximate surface area is 112 Å². The van der Waals surface area contributed by atoms with Crippen LogP contribution in [-0.2, 0) is 12.0 Å². The minimum absolute atomic E-state index is 0.0448. The Morgan fingerprint density at radius 1 is 1.32 bits per heavy atom. The van der Waals surface area contributed by atoms with Crippen LogP contribution in [0.5, 0.6) is 0 Å². The van der Waals surface area contributed by atoms with Crippen LogP contribution in [0.15, 0.2) is 30.6 Å². The summed E-state index contributed by atoms with van der Waals surface area (Å²) in [7, 11) is 0. The minimum atomic E-state index is -0.659. The maximum Gasteiger partial charge on any atom is 0.209 e. The van der Waals surface area contributed by atoms with Gasteiger partial charge in [0.2, 0.25) is 5.78 Å². The number of aryl methyl sites for hydroxylation is 1. The fourth-order valence-electron chi connectivity index (χ4n) is 1.98. The van der Waals surface area contributed by atoms with Gasteiger partial charge >= 0.3 is 0 Å². The van der Waals surface area contributed by atoms with E-state index >= 15 is 0 Å². The molecule has 100 valence electrons. The quantitative estimate of drug-likeness (QED) is 0.672. The molecule has 0 spiro atoms. The SMILES string of the molecule is CCn1ncnc1C(=O)C(C)(C)c1ccc(N)cc1. The highest BCUT2D eigenvalue weighted by Crippen LogP contribution is 2.27. The normalized spacial score (nSPS) is 11.5. The first-order valence-corrected chi connectivity index (χ1v) is 6.25. The Morgan fingerprint density at radius 3 is 2.53 bits per heavy atom. The maximum atomic E-state index is 12.6. The van der Waals surface area contributed by atoms with Crippen LogP contribution in [0.3, 0.4) is 0 Å². The van der Waals surface area contributed by atoms with Gasteiger partial charge in [0, 0.05) is 12.2 Å². The van der Waals surface area contributed by atoms with Gasteiger partial charge in [0.1, 0.15) is 6.33 Å². The summed E-state index contributed by atoms with van der Waals surface area (Å²) >= 11 is 0. The van der Waals surface area contributed by atoms with Gasteiger partial charge in [0.25, 0.3) is 0 Å². The van der Waals surface area contributed by atoms with Crippen LogP contribution in [0.4, 0.5) is 5.69 Å². The van der Waals surface area contributed by atoms with E-state index in [-0.39, 0.29) is 5.78 Å². The number of hydrogen-bond acceptors (Lipinski definition) is 4. The van der Waals surface area contributed by atoms with E-state index in [1.165, 1.54) is 6.33 Å². The third-order valence-corrected chi connectivity index (χ3v) is 3.32. The van der Waals surface area contributed by atoms with Gasteiger partial charge < -0.3 is 5.73 Å². The molecule has 0 saturated heterocycles. The lowest BCUT2D eigenvalue weighted by Gasteiger charge is -2.23. The molecule has 0 radical (unpaired) electrons. The molecular formula is C14H18N4O. The molecule has 0 aliphatic heterocycles. The van der Waals surface area contributed by atoms with Crippen molar-refractivity contribution in [3.63, 3.8) is 0 Å². The largest absolute Gasteiger partial charge is 0.399 e. The molecule has 2 N–H and O–H groups in total. The smallest absolute Gasteiger partial charge is 0.209 e. The third kappa shape index (κ3) is 2.36. The summed E-state index contributed by atoms with van der Waals surface area (Å²) in [5, 5.41) is 4.04. The second-order valence-corrected chi connectivity index (χ2v) is 4.98. The lowest BCUT2D eigenvalue weighted by Crippen LogP contribution is -2.31. The second kappa shape index (κ2) is 4.84. The van der Waals surface area contributed by atoms with Crippen LogP contribution in [-0.4, -0.2) is 20.5 Å². The lowest BCUT2D eigenvalue weighted by molar-refractivity contribution is 0.0892. The van der Waals surface area contributed by atoms with E-state index in [0.717, 1.165) is 5.56 Å². The number of carbonyl (C=O) groups excluding carboxylic acids is 1. The first kappa shape index (κ1) is 13.3. The number of hydrogen-bond donors (Lipinski definition) is 1. The molecule has 1 aromatic carbocycles. The van der Waals surface area contributed by atoms with Crippen LogP contribution in [0.2, 0.25) is 0 Å². The van der Waals surface area contributed by atoms with Gasteiger partial charge in [-0.15, -0.1) is 0 Å². The van der Waals surface area contributed by atoms with E-state index in [4.69, 9.17) is 5.73 Å². The highest BCUT2D eigenvalue weighted by molar-refractivity contribution is 6.00. The second-order valence-electron chi connectivity index (χ2n) is 4.98. The van der Waals surface area contributed by atoms with Gasteiger partial charge in [0.05, 0.1) is 5.41 Å². The van der Waals surface area contributed by atoms with Crippen molar-refractivity contribution in [3.8, 4) is 0 Å². The van der Waals surface area contributed by atoms with Crippen LogP contribution >= 0.6 is 0 Å². The zero-order chi connectivity index (χ0) is 14.0. The van der Waals surface area contributed by atoms with Crippen molar-refractivity contribution in [2.45, 2.75) is 32.7 Å². The molecule has 1 heterocycles. The number of nitrogen functional groups attached to an aromatic ring is 1. The van der Waals surface area contributed by atoms with E-state index in [9.17, 15) is 4.79 Å². The Hall–Kier alpha value is -2.17. The van der Waals surface area contributed by atoms with E-state index in [1.54, 1.807) is 16.8 Å². The molecule has 19 heavy (non-hydrogen) atoms. The topological polar surface area (TPSA) is 73.8 Å². The number of anilines is 1. The molecule has 0 amide bonds. The molecule has 5 heteroatoms. The zero-order valence-corrected chi connectivity index (χ0v) is 11.4. The molecule has 0 fully saturated rings. The fraction of sp³-hybridized carbons (Fsp3) is 0.357. The van der Waals surface area contributed by atoms with Crippen molar-refractivity contribution >= 4 is 11.5 Å². The Morgan fingerprint density at radius 2 is 1.95 bits per heavy atom. The van der Waals surface area contributed by atoms with Crippen molar-refractivity contribution in [3.05, 3.63) is 42.0 Å². The van der Waals surface area contributed by atoms with Crippen molar-refractivity contribution in [2.24, 2.45) is 0 Å². The molecule has 0 aliphatic carbocycles. The average Bonchev–Trinajstić information content (AvgIpc) is 2.86. The van der Waals surface area contributed by atoms with Crippen LogP contribution in [0.25, 0.3) is 0 Å². The predicted molar refractivity (Wildman–Crippen MR) is 73.9 cm³/mol. The summed E-state index contributed by atoms with van der Waals surface area (Å²) < 4.78 is 1.61. The summed E-state index contributed by atoms with van der Waals surface area (Å²) in [5.74, 6) is 0.348. The fourth-order valence-corrected chi connectivity index (χ4v) is 1.98. The standard InChI is InChI=1S/C14H18N4O/c1-4-18-13(16-9-17-18)12(19)14(2,3)10-5-7-11(15)8-6-10/h5-9H,4,15H2,1-3H3. The molecule has 0 unspecified atom stereocenters. The highest BCUT2D eigenvalue weighted by Gasteiger charge is 2.33. The first-order chi connectivity index (χ1) is 8.96. The molecule has 0 bridgehead atoms. The van der Waals surface area contributed by atoms with Crippen LogP contribution in [0.1, 0.15) is 37.0 Å². The number of Topliss-reactive ketones (excluding diaryl/α,β-unsaturated/α-hetero) is 1. The first-order valence-electron chi connectivity index (χ1n) is 6.25. The summed E-state index contributed by atoms with van der Waals surface area (Å²) in [6, 6.07) is 7.35. The highest BCUT2D eigenvalue weighted by atomic mass is 16.1. The molecular weight excluding hydrogens is 240 g/mol. The van der Waals surface area contributed by atoms with Gasteiger partial charge in [0.15, 0.2) is 5.82 Å². The Kier molecular flexibility index (Phi) is 3.38.